The Morgan fingerprint density at radius 3 is 2.76 bits per heavy atom. The third-order valence-corrected chi connectivity index (χ3v) is 6.30. The van der Waals surface area contributed by atoms with Gasteiger partial charge in [0.05, 0.1) is 19.3 Å². The van der Waals surface area contributed by atoms with E-state index in [1.165, 1.54) is 6.42 Å². The van der Waals surface area contributed by atoms with Crippen LogP contribution in [0.25, 0.3) is 0 Å². The first-order valence-corrected chi connectivity index (χ1v) is 10.4. The van der Waals surface area contributed by atoms with Crippen LogP contribution in [0.4, 0.5) is 0 Å². The molecule has 2 amide bonds. The summed E-state index contributed by atoms with van der Waals surface area (Å²) in [6, 6.07) is 11.0. The number of rotatable bonds is 5. The van der Waals surface area contributed by atoms with Gasteiger partial charge < -0.3 is 19.5 Å². The van der Waals surface area contributed by atoms with Gasteiger partial charge in [-0.05, 0) is 37.0 Å². The minimum Gasteiger partial charge on any atom is -0.496 e. The number of benzene rings is 1. The lowest BCUT2D eigenvalue weighted by atomic mass is 9.85. The molecule has 1 aliphatic heterocycles. The van der Waals surface area contributed by atoms with Crippen LogP contribution in [-0.2, 0) is 22.7 Å². The molecule has 1 saturated carbocycles. The van der Waals surface area contributed by atoms with Crippen LogP contribution in [0, 0.1) is 5.92 Å². The Balaban J connectivity index is 1.63. The molecular weight excluding hydrogens is 366 g/mol. The van der Waals surface area contributed by atoms with E-state index in [1.54, 1.807) is 12.0 Å². The van der Waals surface area contributed by atoms with E-state index in [0.29, 0.717) is 12.5 Å². The lowest BCUT2D eigenvalue weighted by Crippen LogP contribution is -2.51. The van der Waals surface area contributed by atoms with E-state index in [0.717, 1.165) is 36.3 Å². The van der Waals surface area contributed by atoms with Crippen molar-refractivity contribution in [1.29, 1.82) is 0 Å². The summed E-state index contributed by atoms with van der Waals surface area (Å²) >= 11 is 0. The van der Waals surface area contributed by atoms with Gasteiger partial charge >= 0.3 is 0 Å². The van der Waals surface area contributed by atoms with E-state index in [-0.39, 0.29) is 24.4 Å². The first kappa shape index (κ1) is 19.6. The van der Waals surface area contributed by atoms with Crippen molar-refractivity contribution in [2.45, 2.75) is 57.8 Å². The topological polar surface area (TPSA) is 63.6 Å². The molecule has 2 heterocycles. The Labute approximate surface area is 171 Å². The molecule has 1 aliphatic carbocycles. The first-order chi connectivity index (χ1) is 14.1. The second-order valence-electron chi connectivity index (χ2n) is 8.17. The van der Waals surface area contributed by atoms with E-state index >= 15 is 0 Å². The summed E-state index contributed by atoms with van der Waals surface area (Å²) in [4.78, 5) is 28.1. The Hall–Kier alpha value is -2.76. The van der Waals surface area contributed by atoms with E-state index in [1.807, 2.05) is 47.2 Å². The Morgan fingerprint density at radius 1 is 1.17 bits per heavy atom. The number of carbonyl (C=O) groups excluding carboxylic acids is 2. The Bertz CT molecular complexity index is 891. The molecule has 1 fully saturated rings. The summed E-state index contributed by atoms with van der Waals surface area (Å²) < 4.78 is 7.35. The van der Waals surface area contributed by atoms with Crippen molar-refractivity contribution in [1.82, 2.24) is 14.8 Å². The number of hydrogen-bond donors (Lipinski definition) is 1. The maximum atomic E-state index is 13.4. The zero-order valence-corrected chi connectivity index (χ0v) is 17.1. The molecule has 0 saturated heterocycles. The monoisotopic (exact) mass is 395 g/mol. The van der Waals surface area contributed by atoms with Crippen LogP contribution < -0.4 is 10.1 Å². The molecule has 154 valence electrons. The molecule has 2 aromatic rings. The molecule has 6 nitrogen and oxygen atoms in total. The molecule has 0 bridgehead atoms. The number of para-hydroxylation sites is 1. The largest absolute Gasteiger partial charge is 0.496 e. The molecule has 29 heavy (non-hydrogen) atoms. The summed E-state index contributed by atoms with van der Waals surface area (Å²) in [5, 5.41) is 3.26. The molecule has 3 atom stereocenters. The summed E-state index contributed by atoms with van der Waals surface area (Å²) in [6.07, 6.45) is 6.37. The highest BCUT2D eigenvalue weighted by Gasteiger charge is 2.39. The Morgan fingerprint density at radius 2 is 1.97 bits per heavy atom. The fourth-order valence-electron chi connectivity index (χ4n) is 4.62. The molecule has 3 unspecified atom stereocenters. The molecule has 6 heteroatoms. The maximum Gasteiger partial charge on any atom is 0.249 e. The maximum absolute atomic E-state index is 13.4. The predicted molar refractivity (Wildman–Crippen MR) is 110 cm³/mol. The lowest BCUT2D eigenvalue weighted by Gasteiger charge is -2.38. The highest BCUT2D eigenvalue weighted by Crippen LogP contribution is 2.32. The van der Waals surface area contributed by atoms with Crippen LogP contribution in [0.5, 0.6) is 5.75 Å². The lowest BCUT2D eigenvalue weighted by molar-refractivity contribution is -0.145. The standard InChI is InChI=1S/C23H29N3O3/c1-16-8-3-5-10-18(16)24-23(28)22-19-11-7-13-25(19)15-21(27)26(22)14-17-9-4-6-12-20(17)29-2/h4,6-7,9,11-13,16,18,22H,3,5,8,10,14-15H2,1-2H3,(H,24,28). The zero-order valence-electron chi connectivity index (χ0n) is 17.1. The smallest absolute Gasteiger partial charge is 0.249 e. The minimum atomic E-state index is -0.634. The molecule has 4 rings (SSSR count). The zero-order chi connectivity index (χ0) is 20.4. The van der Waals surface area contributed by atoms with Crippen LogP contribution in [0.2, 0.25) is 0 Å². The quantitative estimate of drug-likeness (QED) is 0.845. The van der Waals surface area contributed by atoms with Crippen molar-refractivity contribution in [3.63, 3.8) is 0 Å². The summed E-state index contributed by atoms with van der Waals surface area (Å²) in [7, 11) is 1.62. The van der Waals surface area contributed by atoms with Crippen molar-refractivity contribution in [3.8, 4) is 5.75 Å². The second-order valence-corrected chi connectivity index (χ2v) is 8.17. The van der Waals surface area contributed by atoms with E-state index in [2.05, 4.69) is 12.2 Å². The molecule has 0 spiro atoms. The van der Waals surface area contributed by atoms with Gasteiger partial charge in [-0.3, -0.25) is 9.59 Å². The van der Waals surface area contributed by atoms with E-state index < -0.39 is 6.04 Å². The summed E-state index contributed by atoms with van der Waals surface area (Å²) in [6.45, 7) is 2.79. The highest BCUT2D eigenvalue weighted by atomic mass is 16.5. The van der Waals surface area contributed by atoms with Crippen LogP contribution in [0.15, 0.2) is 42.6 Å². The van der Waals surface area contributed by atoms with Gasteiger partial charge in [-0.1, -0.05) is 38.0 Å². The summed E-state index contributed by atoms with van der Waals surface area (Å²) in [5.41, 5.74) is 1.76. The van der Waals surface area contributed by atoms with Gasteiger partial charge in [0.25, 0.3) is 0 Å². The number of nitrogens with one attached hydrogen (secondary N) is 1. The average Bonchev–Trinajstić information content (AvgIpc) is 3.18. The normalized spacial score (nSPS) is 24.1. The third-order valence-electron chi connectivity index (χ3n) is 6.30. The molecular formula is C23H29N3O3. The fourth-order valence-corrected chi connectivity index (χ4v) is 4.62. The molecule has 1 aromatic carbocycles. The predicted octanol–water partition coefficient (Wildman–Crippen LogP) is 3.28. The third kappa shape index (κ3) is 3.88. The SMILES string of the molecule is COc1ccccc1CN1C(=O)Cn2cccc2C1C(=O)NC1CCCCC1C. The van der Waals surface area contributed by atoms with Gasteiger partial charge in [0.1, 0.15) is 12.3 Å². The minimum absolute atomic E-state index is 0.0588. The highest BCUT2D eigenvalue weighted by molar-refractivity contribution is 5.90. The average molecular weight is 396 g/mol. The van der Waals surface area contributed by atoms with Gasteiger partial charge in [0, 0.05) is 17.8 Å². The number of methoxy groups -OCH3 is 1. The molecule has 0 radical (unpaired) electrons. The Kier molecular flexibility index (Phi) is 5.60. The van der Waals surface area contributed by atoms with Crippen LogP contribution in [0.3, 0.4) is 0 Å². The van der Waals surface area contributed by atoms with Crippen molar-refractivity contribution in [3.05, 3.63) is 53.9 Å². The van der Waals surface area contributed by atoms with Gasteiger partial charge in [0.15, 0.2) is 6.04 Å². The summed E-state index contributed by atoms with van der Waals surface area (Å²) in [5.74, 6) is 1.03. The van der Waals surface area contributed by atoms with Crippen molar-refractivity contribution < 1.29 is 14.3 Å². The second kappa shape index (κ2) is 8.31. The van der Waals surface area contributed by atoms with Crippen molar-refractivity contribution >= 4 is 11.8 Å². The number of fused-ring (bicyclic) bond motifs is 1. The number of amides is 2. The van der Waals surface area contributed by atoms with Gasteiger partial charge in [-0.2, -0.15) is 0 Å². The number of aromatic nitrogens is 1. The van der Waals surface area contributed by atoms with Gasteiger partial charge in [-0.15, -0.1) is 0 Å². The first-order valence-electron chi connectivity index (χ1n) is 10.4. The number of nitrogens with zero attached hydrogens (tertiary/aromatic N) is 2. The molecule has 1 aromatic heterocycles. The van der Waals surface area contributed by atoms with Crippen LogP contribution >= 0.6 is 0 Å². The van der Waals surface area contributed by atoms with Crippen molar-refractivity contribution in [2.75, 3.05) is 7.11 Å². The van der Waals surface area contributed by atoms with Crippen LogP contribution in [0.1, 0.15) is 49.9 Å². The fraction of sp³-hybridized carbons (Fsp3) is 0.478. The van der Waals surface area contributed by atoms with E-state index in [4.69, 9.17) is 4.74 Å². The number of ether oxygens (including phenoxy) is 1. The molecule has 1 N–H and O–H groups in total. The van der Waals surface area contributed by atoms with Gasteiger partial charge in [0.2, 0.25) is 11.8 Å². The number of hydrogen-bond acceptors (Lipinski definition) is 3. The van der Waals surface area contributed by atoms with Crippen LogP contribution in [-0.4, -0.2) is 34.4 Å². The van der Waals surface area contributed by atoms with Gasteiger partial charge in [-0.25, -0.2) is 0 Å². The number of carbonyl (C=O) groups is 2. The van der Waals surface area contributed by atoms with Crippen molar-refractivity contribution in [2.24, 2.45) is 5.92 Å². The van der Waals surface area contributed by atoms with E-state index in [9.17, 15) is 9.59 Å². The molecule has 2 aliphatic rings.